The van der Waals surface area contributed by atoms with Gasteiger partial charge in [-0.05, 0) is 11.8 Å². The van der Waals surface area contributed by atoms with Gasteiger partial charge in [-0.2, -0.15) is 22.3 Å². The van der Waals surface area contributed by atoms with Crippen LogP contribution in [0.3, 0.4) is 0 Å². The maximum Gasteiger partial charge on any atom is 2.00 e. The van der Waals surface area contributed by atoms with Crippen LogP contribution in [-0.2, 0) is 0 Å². The van der Waals surface area contributed by atoms with Gasteiger partial charge in [-0.25, -0.2) is 11.1 Å². The Balaban J connectivity index is 0.000000523. The molecule has 0 bridgehead atoms. The maximum absolute atomic E-state index is 3.56. The number of rotatable bonds is 6. The maximum atomic E-state index is 3.56. The molecule has 0 aliphatic heterocycles. The third kappa shape index (κ3) is 7.87. The van der Waals surface area contributed by atoms with E-state index < -0.39 is 0 Å². The molecule has 0 aromatic heterocycles. The molecule has 29 heavy (non-hydrogen) atoms. The van der Waals surface area contributed by atoms with Gasteiger partial charge in [0.15, 0.2) is 0 Å². The molecule has 0 aromatic rings. The summed E-state index contributed by atoms with van der Waals surface area (Å²) in [4.78, 5) is 0. The van der Waals surface area contributed by atoms with E-state index in [4.69, 9.17) is 0 Å². The zero-order valence-electron chi connectivity index (χ0n) is 21.6. The molecule has 0 saturated heterocycles. The van der Waals surface area contributed by atoms with Gasteiger partial charge in [0.05, 0.1) is 0 Å². The minimum Gasteiger partial charge on any atom is -0.269 e. The predicted molar refractivity (Wildman–Crippen MR) is 132 cm³/mol. The third-order valence-corrected chi connectivity index (χ3v) is 5.91. The van der Waals surface area contributed by atoms with Gasteiger partial charge in [0.2, 0.25) is 0 Å². The fourth-order valence-electron chi connectivity index (χ4n) is 4.53. The minimum absolute atomic E-state index is 0. The molecule has 0 fully saturated rings. The van der Waals surface area contributed by atoms with E-state index in [1.807, 2.05) is 0 Å². The molecule has 0 heterocycles. The standard InChI is InChI=1S/2C14H23.Ba/c2*1-9(2)12-7-8-13(10(3)4)14(12)11(5)6;/h2*9-11H,7H2,1-6H3;/q2*-1;+2. The first-order valence-electron chi connectivity index (χ1n) is 11.6. The van der Waals surface area contributed by atoms with E-state index in [1.54, 1.807) is 22.3 Å². The Morgan fingerprint density at radius 3 is 0.897 bits per heavy atom. The van der Waals surface area contributed by atoms with Gasteiger partial charge in [0, 0.05) is 0 Å². The van der Waals surface area contributed by atoms with Gasteiger partial charge in [-0.1, -0.05) is 107 Å². The molecule has 0 aromatic carbocycles. The second kappa shape index (κ2) is 13.2. The first kappa shape index (κ1) is 29.5. The summed E-state index contributed by atoms with van der Waals surface area (Å²) in [6.07, 6.45) is 9.26. The molecule has 0 spiro atoms. The van der Waals surface area contributed by atoms with Crippen molar-refractivity contribution in [1.82, 2.24) is 0 Å². The molecular formula is C28H46Ba. The van der Waals surface area contributed by atoms with Gasteiger partial charge in [0.1, 0.15) is 0 Å². The van der Waals surface area contributed by atoms with Crippen LogP contribution < -0.4 is 0 Å². The Morgan fingerprint density at radius 1 is 0.448 bits per heavy atom. The molecular weight excluding hydrogens is 474 g/mol. The van der Waals surface area contributed by atoms with E-state index in [9.17, 15) is 0 Å². The SMILES string of the molecule is CC(C)C1=[C-]CC(C(C)C)=C1C(C)C.CC(C)C1=[C-]CC(C(C)C)=C1C(C)C.[Ba+2]. The average molecular weight is 520 g/mol. The van der Waals surface area contributed by atoms with Crippen molar-refractivity contribution in [3.8, 4) is 0 Å². The molecule has 0 N–H and O–H groups in total. The normalized spacial score (nSPS) is 17.0. The molecule has 2 aliphatic rings. The molecule has 2 rings (SSSR count). The van der Waals surface area contributed by atoms with Crippen LogP contribution in [0.2, 0.25) is 0 Å². The third-order valence-electron chi connectivity index (χ3n) is 5.91. The Kier molecular flexibility index (Phi) is 13.4. The zero-order chi connectivity index (χ0) is 21.8. The molecule has 160 valence electrons. The van der Waals surface area contributed by atoms with E-state index >= 15 is 0 Å². The summed E-state index contributed by atoms with van der Waals surface area (Å²) < 4.78 is 0. The second-order valence-corrected chi connectivity index (χ2v) is 10.3. The average Bonchev–Trinajstić information content (AvgIpc) is 3.20. The quantitative estimate of drug-likeness (QED) is 0.244. The van der Waals surface area contributed by atoms with Crippen LogP contribution in [0.5, 0.6) is 0 Å². The van der Waals surface area contributed by atoms with E-state index in [1.165, 1.54) is 11.1 Å². The zero-order valence-corrected chi connectivity index (χ0v) is 26.0. The Morgan fingerprint density at radius 2 is 0.724 bits per heavy atom. The number of hydrogen-bond donors (Lipinski definition) is 0. The summed E-state index contributed by atoms with van der Waals surface area (Å²) in [5.41, 5.74) is 9.37. The van der Waals surface area contributed by atoms with E-state index in [2.05, 4.69) is 95.2 Å². The van der Waals surface area contributed by atoms with Gasteiger partial charge in [-0.15, -0.1) is 12.8 Å². The van der Waals surface area contributed by atoms with Crippen LogP contribution >= 0.6 is 0 Å². The number of hydrogen-bond acceptors (Lipinski definition) is 0. The molecule has 0 nitrogen and oxygen atoms in total. The van der Waals surface area contributed by atoms with Crippen molar-refractivity contribution < 1.29 is 0 Å². The summed E-state index contributed by atoms with van der Waals surface area (Å²) in [6, 6.07) is 0. The fourth-order valence-corrected chi connectivity index (χ4v) is 4.53. The Labute approximate surface area is 223 Å². The van der Waals surface area contributed by atoms with Crippen LogP contribution in [0.4, 0.5) is 0 Å². The second-order valence-electron chi connectivity index (χ2n) is 10.3. The van der Waals surface area contributed by atoms with Gasteiger partial charge < -0.3 is 0 Å². The predicted octanol–water partition coefficient (Wildman–Crippen LogP) is 8.39. The fraction of sp³-hybridized carbons (Fsp3) is 0.714. The molecule has 2 aliphatic carbocycles. The summed E-state index contributed by atoms with van der Waals surface area (Å²) in [6.45, 7) is 27.5. The minimum atomic E-state index is 0. The number of allylic oxidation sites excluding steroid dienone is 8. The van der Waals surface area contributed by atoms with Crippen molar-refractivity contribution in [3.63, 3.8) is 0 Å². The summed E-state index contributed by atoms with van der Waals surface area (Å²) >= 11 is 0. The van der Waals surface area contributed by atoms with Crippen molar-refractivity contribution >= 4 is 48.9 Å². The van der Waals surface area contributed by atoms with Crippen molar-refractivity contribution in [3.05, 3.63) is 45.6 Å². The molecule has 0 amide bonds. The van der Waals surface area contributed by atoms with Gasteiger partial charge in [0.25, 0.3) is 0 Å². The van der Waals surface area contributed by atoms with Crippen LogP contribution in [-0.4, -0.2) is 48.9 Å². The Bertz CT molecular complexity index is 588. The molecule has 0 saturated carbocycles. The summed E-state index contributed by atoms with van der Waals surface area (Å²) in [7, 11) is 0. The van der Waals surface area contributed by atoms with Crippen molar-refractivity contribution in [2.75, 3.05) is 0 Å². The molecule has 0 radical (unpaired) electrons. The van der Waals surface area contributed by atoms with Crippen molar-refractivity contribution in [1.29, 1.82) is 0 Å². The smallest absolute Gasteiger partial charge is 0.269 e. The van der Waals surface area contributed by atoms with Gasteiger partial charge >= 0.3 is 48.9 Å². The summed E-state index contributed by atoms with van der Waals surface area (Å²) in [5.74, 6) is 3.92. The monoisotopic (exact) mass is 520 g/mol. The van der Waals surface area contributed by atoms with Crippen LogP contribution in [0.1, 0.15) is 95.9 Å². The Hall–Kier alpha value is 0.531. The largest absolute Gasteiger partial charge is 2.00 e. The summed E-state index contributed by atoms with van der Waals surface area (Å²) in [5, 5.41) is 0. The topological polar surface area (TPSA) is 0 Å². The van der Waals surface area contributed by atoms with Crippen molar-refractivity contribution in [2.24, 2.45) is 35.5 Å². The van der Waals surface area contributed by atoms with Crippen molar-refractivity contribution in [2.45, 2.75) is 95.9 Å². The van der Waals surface area contributed by atoms with Crippen LogP contribution in [0.25, 0.3) is 0 Å². The molecule has 0 atom stereocenters. The molecule has 1 heteroatoms. The van der Waals surface area contributed by atoms with Crippen LogP contribution in [0.15, 0.2) is 33.4 Å². The van der Waals surface area contributed by atoms with E-state index in [-0.39, 0.29) is 48.9 Å². The molecule has 0 unspecified atom stereocenters. The first-order valence-corrected chi connectivity index (χ1v) is 11.6. The first-order chi connectivity index (χ1) is 12.9. The van der Waals surface area contributed by atoms with Crippen LogP contribution in [0, 0.1) is 47.7 Å². The van der Waals surface area contributed by atoms with Gasteiger partial charge in [-0.3, -0.25) is 12.2 Å². The van der Waals surface area contributed by atoms with E-state index in [0.717, 1.165) is 12.8 Å². The van der Waals surface area contributed by atoms with E-state index in [0.29, 0.717) is 35.5 Å².